The zero-order chi connectivity index (χ0) is 14.5. The topological polar surface area (TPSA) is 72.1 Å². The van der Waals surface area contributed by atoms with Gasteiger partial charge in [-0.3, -0.25) is 4.79 Å². The molecule has 0 radical (unpaired) electrons. The van der Waals surface area contributed by atoms with Crippen molar-refractivity contribution in [3.05, 3.63) is 40.4 Å². The highest BCUT2D eigenvalue weighted by molar-refractivity contribution is 7.07. The summed E-state index contributed by atoms with van der Waals surface area (Å²) in [5.41, 5.74) is 8.21. The van der Waals surface area contributed by atoms with E-state index in [9.17, 15) is 4.79 Å². The van der Waals surface area contributed by atoms with Crippen LogP contribution in [0.25, 0.3) is 0 Å². The lowest BCUT2D eigenvalue weighted by atomic mass is 10.2. The van der Waals surface area contributed by atoms with E-state index in [0.717, 1.165) is 23.5 Å². The van der Waals surface area contributed by atoms with Gasteiger partial charge in [0.05, 0.1) is 5.69 Å². The third-order valence-corrected chi connectivity index (χ3v) is 3.77. The van der Waals surface area contributed by atoms with Crippen LogP contribution >= 0.6 is 11.5 Å². The van der Waals surface area contributed by atoms with E-state index in [0.29, 0.717) is 29.3 Å². The molecule has 2 aromatic rings. The molecule has 0 saturated carbocycles. The fraction of sp³-hybridized carbons (Fsp3) is 0.357. The highest BCUT2D eigenvalue weighted by Crippen LogP contribution is 2.16. The molecule has 5 nitrogen and oxygen atoms in total. The first kappa shape index (κ1) is 14.5. The minimum absolute atomic E-state index is 0.0122. The van der Waals surface area contributed by atoms with Crippen LogP contribution in [0, 0.1) is 6.92 Å². The van der Waals surface area contributed by atoms with E-state index in [1.807, 2.05) is 29.2 Å². The average molecular weight is 290 g/mol. The van der Waals surface area contributed by atoms with Gasteiger partial charge in [0, 0.05) is 18.8 Å². The Bertz CT molecular complexity index is 596. The first-order chi connectivity index (χ1) is 9.61. The van der Waals surface area contributed by atoms with E-state index in [2.05, 4.69) is 16.5 Å². The Balaban J connectivity index is 2.19. The van der Waals surface area contributed by atoms with Crippen LogP contribution in [0.15, 0.2) is 24.3 Å². The van der Waals surface area contributed by atoms with E-state index in [4.69, 9.17) is 5.73 Å². The maximum Gasteiger partial charge on any atom is 0.267 e. The molecule has 0 aliphatic rings. The lowest BCUT2D eigenvalue weighted by Crippen LogP contribution is -2.31. The minimum Gasteiger partial charge on any atom is -0.399 e. The quantitative estimate of drug-likeness (QED) is 0.859. The van der Waals surface area contributed by atoms with E-state index in [-0.39, 0.29) is 5.91 Å². The fourth-order valence-corrected chi connectivity index (χ4v) is 2.63. The highest BCUT2D eigenvalue weighted by Gasteiger charge is 2.20. The third kappa shape index (κ3) is 3.33. The fourth-order valence-electron chi connectivity index (χ4n) is 2.01. The number of nitrogens with zero attached hydrogens (tertiary/aromatic N) is 3. The van der Waals surface area contributed by atoms with E-state index in [1.54, 1.807) is 6.92 Å². The van der Waals surface area contributed by atoms with Gasteiger partial charge in [0.2, 0.25) is 0 Å². The molecular formula is C14H18N4OS. The van der Waals surface area contributed by atoms with Gasteiger partial charge in [-0.05, 0) is 42.6 Å². The Kier molecular flexibility index (Phi) is 4.68. The number of benzene rings is 1. The van der Waals surface area contributed by atoms with Crippen molar-refractivity contribution in [2.75, 3.05) is 12.3 Å². The second-order valence-electron chi connectivity index (χ2n) is 4.66. The third-order valence-electron chi connectivity index (χ3n) is 2.95. The summed E-state index contributed by atoms with van der Waals surface area (Å²) in [5, 5.41) is 3.90. The molecule has 1 heterocycles. The first-order valence-corrected chi connectivity index (χ1v) is 7.31. The van der Waals surface area contributed by atoms with Crippen molar-refractivity contribution in [3.8, 4) is 0 Å². The second kappa shape index (κ2) is 6.47. The van der Waals surface area contributed by atoms with Crippen LogP contribution in [0.3, 0.4) is 0 Å². The number of nitrogens with two attached hydrogens (primary N) is 1. The van der Waals surface area contributed by atoms with Gasteiger partial charge in [0.1, 0.15) is 4.88 Å². The lowest BCUT2D eigenvalue weighted by Gasteiger charge is -2.21. The minimum atomic E-state index is -0.0122. The number of amides is 1. The molecule has 106 valence electrons. The summed E-state index contributed by atoms with van der Waals surface area (Å²) < 4.78 is 3.83. The van der Waals surface area contributed by atoms with Gasteiger partial charge in [0.25, 0.3) is 5.91 Å². The molecule has 0 aliphatic carbocycles. The maximum absolute atomic E-state index is 12.5. The van der Waals surface area contributed by atoms with Gasteiger partial charge < -0.3 is 10.6 Å². The Labute approximate surface area is 122 Å². The SMILES string of the molecule is CCCN(Cc1cccc(N)c1)C(=O)c1snnc1C. The molecule has 2 N–H and O–H groups in total. The van der Waals surface area contributed by atoms with Crippen molar-refractivity contribution in [1.29, 1.82) is 0 Å². The van der Waals surface area contributed by atoms with Gasteiger partial charge in [0.15, 0.2) is 0 Å². The number of rotatable bonds is 5. The van der Waals surface area contributed by atoms with Crippen LogP contribution in [-0.4, -0.2) is 26.9 Å². The Hall–Kier alpha value is -1.95. The lowest BCUT2D eigenvalue weighted by molar-refractivity contribution is 0.0747. The van der Waals surface area contributed by atoms with Crippen molar-refractivity contribution in [3.63, 3.8) is 0 Å². The number of carbonyl (C=O) groups is 1. The van der Waals surface area contributed by atoms with Crippen molar-refractivity contribution in [2.24, 2.45) is 0 Å². The van der Waals surface area contributed by atoms with Gasteiger partial charge >= 0.3 is 0 Å². The van der Waals surface area contributed by atoms with Crippen molar-refractivity contribution in [1.82, 2.24) is 14.5 Å². The number of hydrogen-bond acceptors (Lipinski definition) is 5. The molecule has 1 amide bonds. The molecule has 0 aliphatic heterocycles. The maximum atomic E-state index is 12.5. The molecule has 0 fully saturated rings. The van der Waals surface area contributed by atoms with Crippen LogP contribution in [0.1, 0.15) is 34.3 Å². The molecule has 6 heteroatoms. The second-order valence-corrected chi connectivity index (χ2v) is 5.41. The number of carbonyl (C=O) groups excluding carboxylic acids is 1. The summed E-state index contributed by atoms with van der Waals surface area (Å²) in [7, 11) is 0. The molecule has 0 saturated heterocycles. The molecule has 1 aromatic heterocycles. The number of anilines is 1. The number of hydrogen-bond donors (Lipinski definition) is 1. The predicted molar refractivity (Wildman–Crippen MR) is 80.5 cm³/mol. The van der Waals surface area contributed by atoms with E-state index >= 15 is 0 Å². The normalized spacial score (nSPS) is 10.5. The summed E-state index contributed by atoms with van der Waals surface area (Å²) in [4.78, 5) is 15.0. The smallest absolute Gasteiger partial charge is 0.267 e. The summed E-state index contributed by atoms with van der Waals surface area (Å²) in [6.07, 6.45) is 0.902. The number of aryl methyl sites for hydroxylation is 1. The number of nitrogen functional groups attached to an aromatic ring is 1. The van der Waals surface area contributed by atoms with Crippen LogP contribution in [0.2, 0.25) is 0 Å². The molecule has 1 aromatic carbocycles. The van der Waals surface area contributed by atoms with Gasteiger partial charge in [-0.15, -0.1) is 5.10 Å². The molecule has 20 heavy (non-hydrogen) atoms. The molecule has 2 rings (SSSR count). The zero-order valence-corrected chi connectivity index (χ0v) is 12.5. The Morgan fingerprint density at radius 3 is 2.85 bits per heavy atom. The first-order valence-electron chi connectivity index (χ1n) is 6.54. The molecule has 0 spiro atoms. The van der Waals surface area contributed by atoms with Gasteiger partial charge in [-0.1, -0.05) is 23.5 Å². The monoisotopic (exact) mass is 290 g/mol. The number of aromatic nitrogens is 2. The van der Waals surface area contributed by atoms with Crippen molar-refractivity contribution >= 4 is 23.1 Å². The molecule has 0 unspecified atom stereocenters. The Morgan fingerprint density at radius 1 is 1.45 bits per heavy atom. The Morgan fingerprint density at radius 2 is 2.25 bits per heavy atom. The zero-order valence-electron chi connectivity index (χ0n) is 11.7. The van der Waals surface area contributed by atoms with E-state index in [1.165, 1.54) is 0 Å². The van der Waals surface area contributed by atoms with Crippen LogP contribution in [0.4, 0.5) is 5.69 Å². The largest absolute Gasteiger partial charge is 0.399 e. The van der Waals surface area contributed by atoms with Crippen LogP contribution in [-0.2, 0) is 6.54 Å². The molecule has 0 bridgehead atoms. The highest BCUT2D eigenvalue weighted by atomic mass is 32.1. The summed E-state index contributed by atoms with van der Waals surface area (Å²) in [5.74, 6) is -0.0122. The molecule has 0 atom stereocenters. The van der Waals surface area contributed by atoms with Crippen molar-refractivity contribution in [2.45, 2.75) is 26.8 Å². The van der Waals surface area contributed by atoms with E-state index < -0.39 is 0 Å². The summed E-state index contributed by atoms with van der Waals surface area (Å²) in [6.45, 7) is 5.11. The summed E-state index contributed by atoms with van der Waals surface area (Å²) in [6, 6.07) is 7.61. The summed E-state index contributed by atoms with van der Waals surface area (Å²) >= 11 is 1.15. The standard InChI is InChI=1S/C14H18N4OS/c1-3-7-18(9-11-5-4-6-12(15)8-11)14(19)13-10(2)16-17-20-13/h4-6,8H,3,7,9,15H2,1-2H3. The van der Waals surface area contributed by atoms with Crippen molar-refractivity contribution < 1.29 is 4.79 Å². The average Bonchev–Trinajstić information content (AvgIpc) is 2.84. The van der Waals surface area contributed by atoms with Gasteiger partial charge in [-0.25, -0.2) is 0 Å². The van der Waals surface area contributed by atoms with Gasteiger partial charge in [-0.2, -0.15) is 0 Å². The van der Waals surface area contributed by atoms with Crippen LogP contribution < -0.4 is 5.73 Å². The predicted octanol–water partition coefficient (Wildman–Crippen LogP) is 2.48. The van der Waals surface area contributed by atoms with Crippen LogP contribution in [0.5, 0.6) is 0 Å². The molecular weight excluding hydrogens is 272 g/mol.